The highest BCUT2D eigenvalue weighted by Crippen LogP contribution is 2.16. The number of benzene rings is 1. The topological polar surface area (TPSA) is 21.7 Å². The SMILES string of the molecule is CCCCCCCCCCCCCCCCCCOc1ccc(CCCN2CCOCC2)cc1. The molecule has 0 radical (unpaired) electrons. The highest BCUT2D eigenvalue weighted by molar-refractivity contribution is 5.27. The maximum atomic E-state index is 5.96. The van der Waals surface area contributed by atoms with Gasteiger partial charge in [-0.05, 0) is 43.5 Å². The minimum absolute atomic E-state index is 0.856. The molecule has 34 heavy (non-hydrogen) atoms. The predicted octanol–water partition coefficient (Wildman–Crippen LogP) is 8.59. The van der Waals surface area contributed by atoms with Crippen LogP contribution in [0.4, 0.5) is 0 Å². The first kappa shape index (κ1) is 29.2. The van der Waals surface area contributed by atoms with Gasteiger partial charge in [0.2, 0.25) is 0 Å². The molecule has 1 aromatic carbocycles. The van der Waals surface area contributed by atoms with Gasteiger partial charge in [-0.25, -0.2) is 0 Å². The van der Waals surface area contributed by atoms with Gasteiger partial charge in [-0.1, -0.05) is 115 Å². The van der Waals surface area contributed by atoms with E-state index >= 15 is 0 Å². The van der Waals surface area contributed by atoms with Crippen molar-refractivity contribution in [3.63, 3.8) is 0 Å². The van der Waals surface area contributed by atoms with Gasteiger partial charge < -0.3 is 9.47 Å². The van der Waals surface area contributed by atoms with E-state index in [2.05, 4.69) is 36.1 Å². The molecule has 196 valence electrons. The number of rotatable bonds is 22. The van der Waals surface area contributed by atoms with Gasteiger partial charge in [0, 0.05) is 13.1 Å². The highest BCUT2D eigenvalue weighted by atomic mass is 16.5. The number of morpholine rings is 1. The largest absolute Gasteiger partial charge is 0.494 e. The van der Waals surface area contributed by atoms with Crippen LogP contribution in [-0.4, -0.2) is 44.4 Å². The summed E-state index contributed by atoms with van der Waals surface area (Å²) < 4.78 is 11.4. The lowest BCUT2D eigenvalue weighted by molar-refractivity contribution is 0.0374. The first-order valence-corrected chi connectivity index (χ1v) is 14.9. The minimum Gasteiger partial charge on any atom is -0.494 e. The Morgan fingerprint density at radius 3 is 1.68 bits per heavy atom. The summed E-state index contributed by atoms with van der Waals surface area (Å²) in [5, 5.41) is 0. The molecular weight excluding hydrogens is 418 g/mol. The number of nitrogens with zero attached hydrogens (tertiary/aromatic N) is 1. The van der Waals surface area contributed by atoms with Crippen LogP contribution in [0.2, 0.25) is 0 Å². The molecule has 0 aliphatic carbocycles. The fourth-order valence-electron chi connectivity index (χ4n) is 4.92. The van der Waals surface area contributed by atoms with Gasteiger partial charge in [-0.2, -0.15) is 0 Å². The monoisotopic (exact) mass is 473 g/mol. The van der Waals surface area contributed by atoms with Crippen molar-refractivity contribution in [2.75, 3.05) is 39.5 Å². The van der Waals surface area contributed by atoms with Crippen LogP contribution in [0.3, 0.4) is 0 Å². The molecule has 0 atom stereocenters. The maximum absolute atomic E-state index is 5.96. The van der Waals surface area contributed by atoms with Crippen molar-refractivity contribution in [1.82, 2.24) is 4.90 Å². The molecule has 1 saturated heterocycles. The van der Waals surface area contributed by atoms with Crippen molar-refractivity contribution < 1.29 is 9.47 Å². The Kier molecular flexibility index (Phi) is 18.2. The van der Waals surface area contributed by atoms with Crippen molar-refractivity contribution in [2.24, 2.45) is 0 Å². The molecule has 2 rings (SSSR count). The summed E-state index contributed by atoms with van der Waals surface area (Å²) in [6.07, 6.45) is 24.9. The smallest absolute Gasteiger partial charge is 0.119 e. The Hall–Kier alpha value is -1.06. The molecule has 0 aromatic heterocycles. The van der Waals surface area contributed by atoms with Gasteiger partial charge in [0.25, 0.3) is 0 Å². The summed E-state index contributed by atoms with van der Waals surface area (Å²) in [4.78, 5) is 2.51. The number of aryl methyl sites for hydroxylation is 1. The third kappa shape index (κ3) is 15.8. The van der Waals surface area contributed by atoms with E-state index < -0.39 is 0 Å². The molecule has 0 bridgehead atoms. The second kappa shape index (κ2) is 21.2. The Labute approximate surface area is 212 Å². The van der Waals surface area contributed by atoms with E-state index in [9.17, 15) is 0 Å². The van der Waals surface area contributed by atoms with E-state index in [1.54, 1.807) is 0 Å². The van der Waals surface area contributed by atoms with Crippen molar-refractivity contribution in [2.45, 2.75) is 122 Å². The molecule has 3 nitrogen and oxygen atoms in total. The van der Waals surface area contributed by atoms with Gasteiger partial charge in [-0.15, -0.1) is 0 Å². The number of hydrogen-bond acceptors (Lipinski definition) is 3. The zero-order valence-corrected chi connectivity index (χ0v) is 22.5. The van der Waals surface area contributed by atoms with Gasteiger partial charge in [0.05, 0.1) is 19.8 Å². The summed E-state index contributed by atoms with van der Waals surface area (Å²) >= 11 is 0. The second-order valence-corrected chi connectivity index (χ2v) is 10.4. The third-order valence-corrected chi connectivity index (χ3v) is 7.23. The number of unbranched alkanes of at least 4 members (excludes halogenated alkanes) is 15. The normalized spacial score (nSPS) is 14.5. The van der Waals surface area contributed by atoms with Crippen LogP contribution in [0.25, 0.3) is 0 Å². The van der Waals surface area contributed by atoms with Crippen molar-refractivity contribution >= 4 is 0 Å². The summed E-state index contributed by atoms with van der Waals surface area (Å²) in [5.74, 6) is 1.03. The highest BCUT2D eigenvalue weighted by Gasteiger charge is 2.09. The molecule has 1 fully saturated rings. The van der Waals surface area contributed by atoms with E-state index in [0.717, 1.165) is 45.1 Å². The van der Waals surface area contributed by atoms with Crippen molar-refractivity contribution in [3.05, 3.63) is 29.8 Å². The summed E-state index contributed by atoms with van der Waals surface area (Å²) in [7, 11) is 0. The van der Waals surface area contributed by atoms with E-state index in [-0.39, 0.29) is 0 Å². The number of hydrogen-bond donors (Lipinski definition) is 0. The predicted molar refractivity (Wildman–Crippen MR) is 147 cm³/mol. The molecule has 0 unspecified atom stereocenters. The molecule has 3 heteroatoms. The van der Waals surface area contributed by atoms with Crippen LogP contribution in [0.5, 0.6) is 5.75 Å². The van der Waals surface area contributed by atoms with Crippen LogP contribution in [0, 0.1) is 0 Å². The molecule has 1 aliphatic heterocycles. The fraction of sp³-hybridized carbons (Fsp3) is 0.806. The van der Waals surface area contributed by atoms with Gasteiger partial charge >= 0.3 is 0 Å². The van der Waals surface area contributed by atoms with Crippen LogP contribution < -0.4 is 4.74 Å². The first-order valence-electron chi connectivity index (χ1n) is 14.9. The Morgan fingerprint density at radius 1 is 0.647 bits per heavy atom. The van der Waals surface area contributed by atoms with E-state index in [1.165, 1.54) is 121 Å². The summed E-state index contributed by atoms with van der Waals surface area (Å²) in [5.41, 5.74) is 1.42. The Balaban J connectivity index is 1.32. The molecule has 0 N–H and O–H groups in total. The number of ether oxygens (including phenoxy) is 2. The zero-order valence-electron chi connectivity index (χ0n) is 22.5. The van der Waals surface area contributed by atoms with Crippen LogP contribution in [0.1, 0.15) is 122 Å². The maximum Gasteiger partial charge on any atom is 0.119 e. The quantitative estimate of drug-likeness (QED) is 0.157. The molecule has 1 heterocycles. The van der Waals surface area contributed by atoms with E-state index in [0.29, 0.717) is 0 Å². The van der Waals surface area contributed by atoms with Crippen molar-refractivity contribution in [1.29, 1.82) is 0 Å². The first-order chi connectivity index (χ1) is 16.9. The fourth-order valence-corrected chi connectivity index (χ4v) is 4.92. The Bertz CT molecular complexity index is 553. The zero-order chi connectivity index (χ0) is 23.9. The molecule has 1 aliphatic rings. The lowest BCUT2D eigenvalue weighted by atomic mass is 10.0. The summed E-state index contributed by atoms with van der Waals surface area (Å²) in [6, 6.07) is 8.78. The molecule has 0 spiro atoms. The standard InChI is InChI=1S/C31H55NO2/c1-2-3-4-5-6-7-8-9-10-11-12-13-14-15-16-17-27-34-31-22-20-30(21-23-31)19-18-24-32-25-28-33-29-26-32/h20-23H,2-19,24-29H2,1H3. The average molecular weight is 474 g/mol. The molecule has 1 aromatic rings. The Morgan fingerprint density at radius 2 is 1.15 bits per heavy atom. The molecular formula is C31H55NO2. The van der Waals surface area contributed by atoms with Crippen LogP contribution >= 0.6 is 0 Å². The lowest BCUT2D eigenvalue weighted by Gasteiger charge is -2.26. The van der Waals surface area contributed by atoms with Crippen LogP contribution in [-0.2, 0) is 11.2 Å². The van der Waals surface area contributed by atoms with Gasteiger partial charge in [0.1, 0.15) is 5.75 Å². The average Bonchev–Trinajstić information content (AvgIpc) is 2.87. The third-order valence-electron chi connectivity index (χ3n) is 7.23. The van der Waals surface area contributed by atoms with Crippen molar-refractivity contribution in [3.8, 4) is 5.75 Å². The van der Waals surface area contributed by atoms with Gasteiger partial charge in [0.15, 0.2) is 0 Å². The minimum atomic E-state index is 0.856. The van der Waals surface area contributed by atoms with Gasteiger partial charge in [-0.3, -0.25) is 4.90 Å². The van der Waals surface area contributed by atoms with E-state index in [4.69, 9.17) is 9.47 Å². The second-order valence-electron chi connectivity index (χ2n) is 10.4. The van der Waals surface area contributed by atoms with E-state index in [1.807, 2.05) is 0 Å². The summed E-state index contributed by atoms with van der Waals surface area (Å²) in [6.45, 7) is 8.30. The molecule has 0 saturated carbocycles. The lowest BCUT2D eigenvalue weighted by Crippen LogP contribution is -2.36. The van der Waals surface area contributed by atoms with Crippen LogP contribution in [0.15, 0.2) is 24.3 Å². The molecule has 0 amide bonds.